The van der Waals surface area contributed by atoms with Gasteiger partial charge in [-0.1, -0.05) is 18.9 Å². The number of anilines is 1. The Bertz CT molecular complexity index is 750. The van der Waals surface area contributed by atoms with E-state index in [4.69, 9.17) is 4.74 Å². The van der Waals surface area contributed by atoms with Crippen LogP contribution in [-0.2, 0) is 20.8 Å². The van der Waals surface area contributed by atoms with Crippen LogP contribution in [0.3, 0.4) is 0 Å². The molecule has 0 radical (unpaired) electrons. The smallest absolute Gasteiger partial charge is 0.262 e. The number of carbonyl (C=O) groups is 3. The maximum absolute atomic E-state index is 12.6. The van der Waals surface area contributed by atoms with E-state index in [2.05, 4.69) is 5.32 Å². The fraction of sp³-hybridized carbons (Fsp3) is 0.550. The van der Waals surface area contributed by atoms with Crippen LogP contribution in [0.15, 0.2) is 18.2 Å². The Morgan fingerprint density at radius 3 is 2.52 bits per heavy atom. The monoisotopic (exact) mass is 371 g/mol. The second-order valence-corrected chi connectivity index (χ2v) is 7.53. The minimum absolute atomic E-state index is 0.0229. The lowest BCUT2D eigenvalue weighted by Crippen LogP contribution is -2.52. The predicted molar refractivity (Wildman–Crippen MR) is 99.4 cm³/mol. The van der Waals surface area contributed by atoms with E-state index in [1.807, 2.05) is 15.9 Å². The van der Waals surface area contributed by atoms with Crippen molar-refractivity contribution < 1.29 is 19.1 Å². The summed E-state index contributed by atoms with van der Waals surface area (Å²) in [5.74, 6) is 0.954. The summed E-state index contributed by atoms with van der Waals surface area (Å²) in [5.41, 5.74) is 1.46. The molecule has 1 saturated carbocycles. The summed E-state index contributed by atoms with van der Waals surface area (Å²) in [7, 11) is 0. The van der Waals surface area contributed by atoms with Crippen LogP contribution >= 0.6 is 0 Å². The molecule has 1 N–H and O–H groups in total. The van der Waals surface area contributed by atoms with Gasteiger partial charge in [0.05, 0.1) is 12.1 Å². The molecule has 7 heteroatoms. The van der Waals surface area contributed by atoms with Crippen LogP contribution in [-0.4, -0.2) is 60.3 Å². The Morgan fingerprint density at radius 2 is 1.78 bits per heavy atom. The third-order valence-corrected chi connectivity index (χ3v) is 5.68. The highest BCUT2D eigenvalue weighted by Crippen LogP contribution is 2.29. The van der Waals surface area contributed by atoms with Crippen molar-refractivity contribution in [2.45, 2.75) is 32.1 Å². The molecule has 27 heavy (non-hydrogen) atoms. The van der Waals surface area contributed by atoms with Crippen LogP contribution in [0.5, 0.6) is 5.75 Å². The van der Waals surface area contributed by atoms with E-state index in [1.165, 1.54) is 0 Å². The summed E-state index contributed by atoms with van der Waals surface area (Å²) in [6.45, 7) is 2.43. The molecule has 4 rings (SSSR count). The van der Waals surface area contributed by atoms with Gasteiger partial charge in [0.15, 0.2) is 6.61 Å². The molecular formula is C20H25N3O4. The minimum Gasteiger partial charge on any atom is -0.482 e. The number of nitrogens with one attached hydrogen (secondary N) is 1. The summed E-state index contributed by atoms with van der Waals surface area (Å²) < 4.78 is 5.34. The molecule has 1 aliphatic carbocycles. The molecule has 3 aliphatic rings. The van der Waals surface area contributed by atoms with Gasteiger partial charge in [-0.2, -0.15) is 0 Å². The lowest BCUT2D eigenvalue weighted by Gasteiger charge is -2.36. The first kappa shape index (κ1) is 17.8. The molecule has 2 aliphatic heterocycles. The van der Waals surface area contributed by atoms with Gasteiger partial charge < -0.3 is 19.9 Å². The number of amides is 3. The number of piperazine rings is 1. The maximum atomic E-state index is 12.6. The van der Waals surface area contributed by atoms with Crippen LogP contribution in [0.2, 0.25) is 0 Å². The lowest BCUT2D eigenvalue weighted by molar-refractivity contribution is -0.141. The Labute approximate surface area is 158 Å². The molecule has 144 valence electrons. The SMILES string of the molecule is O=C1COc2ccc(CC(=O)N3CCN(C(=O)C4CCCC4)CC3)cc2N1. The van der Waals surface area contributed by atoms with Crippen molar-refractivity contribution in [3.8, 4) is 5.75 Å². The third kappa shape index (κ3) is 3.91. The zero-order valence-corrected chi connectivity index (χ0v) is 15.4. The number of benzene rings is 1. The second kappa shape index (κ2) is 7.58. The number of hydrogen-bond donors (Lipinski definition) is 1. The van der Waals surface area contributed by atoms with Crippen molar-refractivity contribution in [2.75, 3.05) is 38.1 Å². The number of rotatable bonds is 3. The van der Waals surface area contributed by atoms with E-state index in [9.17, 15) is 14.4 Å². The molecule has 0 unspecified atom stereocenters. The van der Waals surface area contributed by atoms with Gasteiger partial charge in [0.2, 0.25) is 11.8 Å². The second-order valence-electron chi connectivity index (χ2n) is 7.53. The van der Waals surface area contributed by atoms with Gasteiger partial charge in [-0.25, -0.2) is 0 Å². The molecule has 0 atom stereocenters. The van der Waals surface area contributed by atoms with Crippen LogP contribution in [0.4, 0.5) is 5.69 Å². The van der Waals surface area contributed by atoms with Gasteiger partial charge in [0, 0.05) is 32.1 Å². The molecule has 0 aromatic heterocycles. The number of nitrogens with zero attached hydrogens (tertiary/aromatic N) is 2. The Balaban J connectivity index is 1.31. The fourth-order valence-electron chi connectivity index (χ4n) is 4.13. The fourth-order valence-corrected chi connectivity index (χ4v) is 4.13. The van der Waals surface area contributed by atoms with Crippen molar-refractivity contribution in [3.63, 3.8) is 0 Å². The standard InChI is InChI=1S/C20H25N3O4/c24-18-13-27-17-6-5-14(11-16(17)21-18)12-19(25)22-7-9-23(10-8-22)20(26)15-3-1-2-4-15/h5-6,11,15H,1-4,7-10,12-13H2,(H,21,24). The summed E-state index contributed by atoms with van der Waals surface area (Å²) in [6.07, 6.45) is 4.61. The minimum atomic E-state index is -0.186. The summed E-state index contributed by atoms with van der Waals surface area (Å²) in [4.78, 5) is 40.3. The van der Waals surface area contributed by atoms with Crippen LogP contribution < -0.4 is 10.1 Å². The molecular weight excluding hydrogens is 346 g/mol. The first-order valence-electron chi connectivity index (χ1n) is 9.72. The molecule has 0 bridgehead atoms. The summed E-state index contributed by atoms with van der Waals surface area (Å²) in [6, 6.07) is 5.44. The first-order chi connectivity index (χ1) is 13.1. The van der Waals surface area contributed by atoms with Gasteiger partial charge in [0.25, 0.3) is 5.91 Å². The Morgan fingerprint density at radius 1 is 1.07 bits per heavy atom. The van der Waals surface area contributed by atoms with Crippen LogP contribution in [0.1, 0.15) is 31.2 Å². The Kier molecular flexibility index (Phi) is 5.01. The van der Waals surface area contributed by atoms with E-state index in [0.29, 0.717) is 37.6 Å². The molecule has 1 aromatic carbocycles. The molecule has 3 amide bonds. The van der Waals surface area contributed by atoms with Crippen molar-refractivity contribution in [1.82, 2.24) is 9.80 Å². The largest absolute Gasteiger partial charge is 0.482 e. The average molecular weight is 371 g/mol. The van der Waals surface area contributed by atoms with E-state index in [1.54, 1.807) is 12.1 Å². The van der Waals surface area contributed by atoms with Crippen LogP contribution in [0.25, 0.3) is 0 Å². The first-order valence-corrected chi connectivity index (χ1v) is 9.72. The van der Waals surface area contributed by atoms with Gasteiger partial charge in [-0.05, 0) is 30.5 Å². The molecule has 1 saturated heterocycles. The quantitative estimate of drug-likeness (QED) is 0.872. The molecule has 2 heterocycles. The summed E-state index contributed by atoms with van der Waals surface area (Å²) in [5, 5.41) is 2.76. The molecule has 2 fully saturated rings. The number of fused-ring (bicyclic) bond motifs is 1. The van der Waals surface area contributed by atoms with Crippen molar-refractivity contribution >= 4 is 23.4 Å². The molecule has 7 nitrogen and oxygen atoms in total. The predicted octanol–water partition coefficient (Wildman–Crippen LogP) is 1.42. The van der Waals surface area contributed by atoms with Crippen molar-refractivity contribution in [2.24, 2.45) is 5.92 Å². The lowest BCUT2D eigenvalue weighted by atomic mass is 10.1. The van der Waals surface area contributed by atoms with Gasteiger partial charge in [0.1, 0.15) is 5.75 Å². The summed E-state index contributed by atoms with van der Waals surface area (Å²) >= 11 is 0. The van der Waals surface area contributed by atoms with Gasteiger partial charge in [-0.15, -0.1) is 0 Å². The highest BCUT2D eigenvalue weighted by molar-refractivity contribution is 5.95. The Hall–Kier alpha value is -2.57. The maximum Gasteiger partial charge on any atom is 0.262 e. The van der Waals surface area contributed by atoms with E-state index < -0.39 is 0 Å². The van der Waals surface area contributed by atoms with E-state index in [-0.39, 0.29) is 36.7 Å². The van der Waals surface area contributed by atoms with E-state index >= 15 is 0 Å². The van der Waals surface area contributed by atoms with Gasteiger partial charge >= 0.3 is 0 Å². The number of hydrogen-bond acceptors (Lipinski definition) is 4. The van der Waals surface area contributed by atoms with Crippen LogP contribution in [0, 0.1) is 5.92 Å². The zero-order chi connectivity index (χ0) is 18.8. The zero-order valence-electron chi connectivity index (χ0n) is 15.4. The number of ether oxygens (including phenoxy) is 1. The van der Waals surface area contributed by atoms with E-state index in [0.717, 1.165) is 31.2 Å². The normalized spacial score (nSPS) is 20.1. The average Bonchev–Trinajstić information content (AvgIpc) is 3.22. The van der Waals surface area contributed by atoms with Crippen molar-refractivity contribution in [1.29, 1.82) is 0 Å². The third-order valence-electron chi connectivity index (χ3n) is 5.68. The van der Waals surface area contributed by atoms with Gasteiger partial charge in [-0.3, -0.25) is 14.4 Å². The highest BCUT2D eigenvalue weighted by Gasteiger charge is 2.30. The molecule has 0 spiro atoms. The molecule has 1 aromatic rings. The van der Waals surface area contributed by atoms with Crippen molar-refractivity contribution in [3.05, 3.63) is 23.8 Å². The number of carbonyl (C=O) groups excluding carboxylic acids is 3. The topological polar surface area (TPSA) is 79.0 Å². The highest BCUT2D eigenvalue weighted by atomic mass is 16.5.